The van der Waals surface area contributed by atoms with Gasteiger partial charge in [-0.1, -0.05) is 36.4 Å². The predicted molar refractivity (Wildman–Crippen MR) is 96.3 cm³/mol. The van der Waals surface area contributed by atoms with Crippen LogP contribution in [0.25, 0.3) is 0 Å². The molecule has 0 radical (unpaired) electrons. The van der Waals surface area contributed by atoms with E-state index in [9.17, 15) is 18.8 Å². The maximum atomic E-state index is 13.5. The lowest BCUT2D eigenvalue weighted by Gasteiger charge is -2.27. The van der Waals surface area contributed by atoms with Crippen LogP contribution >= 0.6 is 0 Å². The molecule has 1 aliphatic rings. The molecule has 0 spiro atoms. The molecule has 2 unspecified atom stereocenters. The fraction of sp³-hybridized carbons (Fsp3) is 0.250. The Labute approximate surface area is 155 Å². The van der Waals surface area contributed by atoms with E-state index in [2.05, 4.69) is 10.6 Å². The lowest BCUT2D eigenvalue weighted by molar-refractivity contribution is -0.141. The summed E-state index contributed by atoms with van der Waals surface area (Å²) < 4.78 is 18.2. The lowest BCUT2D eigenvalue weighted by Crippen LogP contribution is -2.37. The van der Waals surface area contributed by atoms with Crippen molar-refractivity contribution in [3.8, 4) is 0 Å². The summed E-state index contributed by atoms with van der Waals surface area (Å²) in [5.74, 6) is -2.50. The fourth-order valence-electron chi connectivity index (χ4n) is 3.13. The third kappa shape index (κ3) is 4.31. The molecule has 1 aliphatic heterocycles. The second kappa shape index (κ2) is 7.99. The van der Waals surface area contributed by atoms with Gasteiger partial charge in [0.1, 0.15) is 5.82 Å². The average Bonchev–Trinajstić information content (AvgIpc) is 2.66. The van der Waals surface area contributed by atoms with Crippen molar-refractivity contribution in [2.24, 2.45) is 0 Å². The molecule has 27 heavy (non-hydrogen) atoms. The third-order valence-electron chi connectivity index (χ3n) is 4.49. The highest BCUT2D eigenvalue weighted by Gasteiger charge is 2.32. The summed E-state index contributed by atoms with van der Waals surface area (Å²) in [7, 11) is 1.28. The number of fused-ring (bicyclic) bond motifs is 1. The van der Waals surface area contributed by atoms with Crippen molar-refractivity contribution in [3.05, 3.63) is 65.5 Å². The molecule has 2 N–H and O–H groups in total. The van der Waals surface area contributed by atoms with E-state index in [0.717, 1.165) is 5.56 Å². The molecule has 2 aromatic rings. The zero-order chi connectivity index (χ0) is 19.4. The first-order chi connectivity index (χ1) is 13.0. The highest BCUT2D eigenvalue weighted by Crippen LogP contribution is 2.33. The smallest absolute Gasteiger partial charge is 0.307 e. The van der Waals surface area contributed by atoms with Crippen molar-refractivity contribution in [2.75, 3.05) is 12.4 Å². The van der Waals surface area contributed by atoms with Crippen molar-refractivity contribution >= 4 is 23.5 Å². The molecule has 0 saturated heterocycles. The van der Waals surface area contributed by atoms with Gasteiger partial charge in [0.2, 0.25) is 11.8 Å². The van der Waals surface area contributed by atoms with Crippen LogP contribution in [0.4, 0.5) is 10.1 Å². The number of esters is 1. The van der Waals surface area contributed by atoms with Crippen LogP contribution in [0.3, 0.4) is 0 Å². The minimum atomic E-state index is -0.766. The Morgan fingerprint density at radius 3 is 2.70 bits per heavy atom. The predicted octanol–water partition coefficient (Wildman–Crippen LogP) is 2.67. The van der Waals surface area contributed by atoms with Crippen LogP contribution in [0.2, 0.25) is 0 Å². The van der Waals surface area contributed by atoms with E-state index in [1.165, 1.54) is 25.3 Å². The normalized spacial score (nSPS) is 16.7. The molecular formula is C20H19FN2O4. The molecule has 0 bridgehead atoms. The minimum absolute atomic E-state index is 0.0402. The van der Waals surface area contributed by atoms with Crippen LogP contribution in [-0.4, -0.2) is 24.9 Å². The summed E-state index contributed by atoms with van der Waals surface area (Å²) in [6.07, 6.45) is -0.0916. The van der Waals surface area contributed by atoms with Gasteiger partial charge in [0, 0.05) is 12.1 Å². The van der Waals surface area contributed by atoms with Crippen molar-refractivity contribution in [1.82, 2.24) is 5.32 Å². The minimum Gasteiger partial charge on any atom is -0.469 e. The Morgan fingerprint density at radius 1 is 1.26 bits per heavy atom. The first kappa shape index (κ1) is 18.6. The van der Waals surface area contributed by atoms with E-state index >= 15 is 0 Å². The van der Waals surface area contributed by atoms with Crippen LogP contribution in [-0.2, 0) is 19.1 Å². The summed E-state index contributed by atoms with van der Waals surface area (Å²) in [4.78, 5) is 36.6. The van der Waals surface area contributed by atoms with E-state index in [1.807, 2.05) is 6.07 Å². The van der Waals surface area contributed by atoms with Crippen molar-refractivity contribution < 1.29 is 23.5 Å². The van der Waals surface area contributed by atoms with Gasteiger partial charge in [0.05, 0.1) is 25.5 Å². The van der Waals surface area contributed by atoms with E-state index in [4.69, 9.17) is 4.74 Å². The van der Waals surface area contributed by atoms with E-state index in [-0.39, 0.29) is 24.4 Å². The number of amides is 2. The number of anilines is 1. The molecule has 7 heteroatoms. The number of hydrogen-bond donors (Lipinski definition) is 2. The second-order valence-corrected chi connectivity index (χ2v) is 6.29. The van der Waals surface area contributed by atoms with Crippen molar-refractivity contribution in [1.29, 1.82) is 0 Å². The Balaban J connectivity index is 1.85. The topological polar surface area (TPSA) is 84.5 Å². The van der Waals surface area contributed by atoms with Crippen LogP contribution in [0.15, 0.2) is 48.5 Å². The molecule has 0 fully saturated rings. The summed E-state index contributed by atoms with van der Waals surface area (Å²) >= 11 is 0. The maximum Gasteiger partial charge on any atom is 0.307 e. The fourth-order valence-corrected chi connectivity index (χ4v) is 3.13. The molecule has 2 amide bonds. The Bertz CT molecular complexity index is 870. The Kier molecular flexibility index (Phi) is 5.49. The highest BCUT2D eigenvalue weighted by atomic mass is 19.1. The third-order valence-corrected chi connectivity index (χ3v) is 4.49. The van der Waals surface area contributed by atoms with Gasteiger partial charge >= 0.3 is 5.97 Å². The Morgan fingerprint density at radius 2 is 2.00 bits per heavy atom. The number of benzene rings is 2. The molecule has 0 saturated carbocycles. The molecule has 2 atom stereocenters. The summed E-state index contributed by atoms with van der Waals surface area (Å²) in [5, 5.41) is 5.41. The van der Waals surface area contributed by atoms with Gasteiger partial charge in [-0.05, 0) is 23.3 Å². The zero-order valence-corrected chi connectivity index (χ0v) is 14.7. The van der Waals surface area contributed by atoms with E-state index in [0.29, 0.717) is 5.56 Å². The molecule has 0 aromatic heterocycles. The van der Waals surface area contributed by atoms with Gasteiger partial charge in [-0.2, -0.15) is 0 Å². The van der Waals surface area contributed by atoms with Crippen LogP contribution in [0.5, 0.6) is 0 Å². The number of carbonyl (C=O) groups is 3. The number of nitrogens with one attached hydrogen (secondary N) is 2. The summed E-state index contributed by atoms with van der Waals surface area (Å²) in [5.41, 5.74) is 1.57. The van der Waals surface area contributed by atoms with Crippen molar-refractivity contribution in [2.45, 2.75) is 24.8 Å². The zero-order valence-electron chi connectivity index (χ0n) is 14.7. The highest BCUT2D eigenvalue weighted by molar-refractivity contribution is 6.01. The maximum absolute atomic E-state index is 13.5. The number of ether oxygens (including phenoxy) is 1. The van der Waals surface area contributed by atoms with Gasteiger partial charge in [-0.15, -0.1) is 0 Å². The molecule has 6 nitrogen and oxygen atoms in total. The van der Waals surface area contributed by atoms with Crippen molar-refractivity contribution in [3.63, 3.8) is 0 Å². The standard InChI is InChI=1S/C20H19FN2O4/c1-27-19(25)11-16(12-5-3-2-4-6-12)23-20(26)15-10-18(24)22-17-9-13(21)7-8-14(15)17/h2-9,15-16H,10-11H2,1H3,(H,22,24)(H,23,26). The van der Waals surface area contributed by atoms with Gasteiger partial charge in [0.25, 0.3) is 0 Å². The largest absolute Gasteiger partial charge is 0.469 e. The molecule has 2 aromatic carbocycles. The van der Waals surface area contributed by atoms with Crippen LogP contribution in [0.1, 0.15) is 35.9 Å². The summed E-state index contributed by atoms with van der Waals surface area (Å²) in [6, 6.07) is 12.4. The first-order valence-corrected chi connectivity index (χ1v) is 8.49. The monoisotopic (exact) mass is 370 g/mol. The van der Waals surface area contributed by atoms with Gasteiger partial charge in [-0.25, -0.2) is 4.39 Å². The molecule has 1 heterocycles. The Hall–Kier alpha value is -3.22. The number of methoxy groups -OCH3 is 1. The number of rotatable bonds is 5. The van der Waals surface area contributed by atoms with Crippen LogP contribution < -0.4 is 10.6 Å². The summed E-state index contributed by atoms with van der Waals surface area (Å²) in [6.45, 7) is 0. The van der Waals surface area contributed by atoms with Gasteiger partial charge < -0.3 is 15.4 Å². The quantitative estimate of drug-likeness (QED) is 0.793. The SMILES string of the molecule is COC(=O)CC(NC(=O)C1CC(=O)Nc2cc(F)ccc21)c1ccccc1. The molecule has 3 rings (SSSR count). The molecular weight excluding hydrogens is 351 g/mol. The second-order valence-electron chi connectivity index (χ2n) is 6.29. The first-order valence-electron chi connectivity index (χ1n) is 8.49. The number of carbonyl (C=O) groups excluding carboxylic acids is 3. The molecule has 0 aliphatic carbocycles. The van der Waals surface area contributed by atoms with Gasteiger partial charge in [0.15, 0.2) is 0 Å². The average molecular weight is 370 g/mol. The van der Waals surface area contributed by atoms with Gasteiger partial charge in [-0.3, -0.25) is 14.4 Å². The van der Waals surface area contributed by atoms with E-state index in [1.54, 1.807) is 24.3 Å². The number of hydrogen-bond acceptors (Lipinski definition) is 4. The van der Waals surface area contributed by atoms with Crippen LogP contribution in [0, 0.1) is 5.82 Å². The molecule has 140 valence electrons. The lowest BCUT2D eigenvalue weighted by atomic mass is 9.89. The van der Waals surface area contributed by atoms with E-state index < -0.39 is 29.7 Å². The number of halogens is 1.